The fourth-order valence-electron chi connectivity index (χ4n) is 2.10. The van der Waals surface area contributed by atoms with Crippen LogP contribution in [0.2, 0.25) is 5.02 Å². The second kappa shape index (κ2) is 5.54. The van der Waals surface area contributed by atoms with Gasteiger partial charge in [-0.05, 0) is 30.3 Å². The molecule has 1 amide bonds. The molecule has 106 valence electrons. The third-order valence-electron chi connectivity index (χ3n) is 3.10. The summed E-state index contributed by atoms with van der Waals surface area (Å²) in [5, 5.41) is 3.13. The van der Waals surface area contributed by atoms with E-state index in [1.54, 1.807) is 36.5 Å². The normalized spacial score (nSPS) is 16.8. The number of pyridine rings is 1. The zero-order valence-electron chi connectivity index (χ0n) is 10.9. The van der Waals surface area contributed by atoms with Crippen LogP contribution in [0.3, 0.4) is 0 Å². The first-order valence-electron chi connectivity index (χ1n) is 6.34. The van der Waals surface area contributed by atoms with Crippen LogP contribution in [-0.2, 0) is 4.79 Å². The maximum atomic E-state index is 12.1. The molecule has 2 aromatic rings. The van der Waals surface area contributed by atoms with Gasteiger partial charge in [-0.25, -0.2) is 0 Å². The van der Waals surface area contributed by atoms with Gasteiger partial charge in [0.15, 0.2) is 11.9 Å². The van der Waals surface area contributed by atoms with Gasteiger partial charge in [-0.2, -0.15) is 0 Å². The number of carbonyl (C=O) groups is 2. The smallest absolute Gasteiger partial charge is 0.265 e. The van der Waals surface area contributed by atoms with Crippen LogP contribution in [0.5, 0.6) is 5.75 Å². The first kappa shape index (κ1) is 13.6. The number of hydrogen-bond donors (Lipinski definition) is 1. The lowest BCUT2D eigenvalue weighted by Crippen LogP contribution is -2.38. The van der Waals surface area contributed by atoms with Gasteiger partial charge in [0.2, 0.25) is 0 Å². The fraction of sp³-hybridized carbons (Fsp3) is 0.133. The van der Waals surface area contributed by atoms with Gasteiger partial charge in [0, 0.05) is 11.2 Å². The molecular weight excluding hydrogens is 292 g/mol. The van der Waals surface area contributed by atoms with Crippen molar-refractivity contribution in [2.45, 2.75) is 12.5 Å². The van der Waals surface area contributed by atoms with Crippen molar-refractivity contribution in [2.24, 2.45) is 0 Å². The quantitative estimate of drug-likeness (QED) is 0.926. The first-order valence-corrected chi connectivity index (χ1v) is 6.71. The number of ether oxygens (including phenoxy) is 1. The van der Waals surface area contributed by atoms with Gasteiger partial charge in [-0.1, -0.05) is 11.6 Å². The van der Waals surface area contributed by atoms with Crippen LogP contribution in [0.15, 0.2) is 42.7 Å². The Morgan fingerprint density at radius 1 is 1.38 bits per heavy atom. The molecule has 1 N–H and O–H groups in total. The lowest BCUT2D eigenvalue weighted by atomic mass is 10.0. The molecular formula is C15H11ClN2O3. The van der Waals surface area contributed by atoms with Crippen molar-refractivity contribution in [2.75, 3.05) is 5.32 Å². The van der Waals surface area contributed by atoms with E-state index in [1.807, 2.05) is 0 Å². The Hall–Kier alpha value is -2.40. The summed E-state index contributed by atoms with van der Waals surface area (Å²) in [5.41, 5.74) is 0.966. The minimum Gasteiger partial charge on any atom is -0.479 e. The number of halogens is 1. The van der Waals surface area contributed by atoms with Crippen molar-refractivity contribution >= 4 is 29.0 Å². The molecule has 0 aliphatic carbocycles. The molecule has 2 heterocycles. The van der Waals surface area contributed by atoms with E-state index in [-0.39, 0.29) is 18.1 Å². The molecule has 21 heavy (non-hydrogen) atoms. The van der Waals surface area contributed by atoms with Crippen LogP contribution in [0.1, 0.15) is 16.8 Å². The molecule has 0 saturated carbocycles. The van der Waals surface area contributed by atoms with Crippen LogP contribution in [0.25, 0.3) is 0 Å². The number of rotatable bonds is 2. The summed E-state index contributed by atoms with van der Waals surface area (Å²) in [6, 6.07) is 8.19. The molecule has 1 unspecified atom stereocenters. The number of benzene rings is 1. The molecule has 1 aliphatic heterocycles. The van der Waals surface area contributed by atoms with Crippen LogP contribution in [0, 0.1) is 0 Å². The predicted molar refractivity (Wildman–Crippen MR) is 77.7 cm³/mol. The zero-order valence-corrected chi connectivity index (χ0v) is 11.6. The van der Waals surface area contributed by atoms with Crippen LogP contribution in [-0.4, -0.2) is 22.8 Å². The van der Waals surface area contributed by atoms with Gasteiger partial charge in [0.05, 0.1) is 23.9 Å². The Balaban J connectivity index is 1.78. The summed E-state index contributed by atoms with van der Waals surface area (Å²) in [6.07, 6.45) is 2.26. The van der Waals surface area contributed by atoms with Crippen molar-refractivity contribution in [1.29, 1.82) is 0 Å². The number of aromatic nitrogens is 1. The van der Waals surface area contributed by atoms with E-state index < -0.39 is 6.10 Å². The highest BCUT2D eigenvalue weighted by molar-refractivity contribution is 6.31. The number of anilines is 1. The number of carbonyl (C=O) groups excluding carboxylic acids is 2. The number of fused-ring (bicyclic) bond motifs is 1. The van der Waals surface area contributed by atoms with E-state index in [1.165, 1.54) is 6.20 Å². The van der Waals surface area contributed by atoms with Gasteiger partial charge in [-0.15, -0.1) is 0 Å². The molecule has 1 aromatic heterocycles. The summed E-state index contributed by atoms with van der Waals surface area (Å²) < 4.78 is 5.58. The Morgan fingerprint density at radius 3 is 3.00 bits per heavy atom. The molecule has 5 nitrogen and oxygen atoms in total. The SMILES string of the molecule is O=C1CC(C(=O)Nc2cccnc2)Oc2ccc(Cl)cc21. The van der Waals surface area contributed by atoms with Crippen molar-refractivity contribution in [1.82, 2.24) is 4.98 Å². The van der Waals surface area contributed by atoms with E-state index >= 15 is 0 Å². The molecule has 1 atom stereocenters. The van der Waals surface area contributed by atoms with Crippen molar-refractivity contribution in [3.05, 3.63) is 53.3 Å². The summed E-state index contributed by atoms with van der Waals surface area (Å²) >= 11 is 5.85. The molecule has 0 fully saturated rings. The molecule has 1 aliphatic rings. The zero-order chi connectivity index (χ0) is 14.8. The third-order valence-corrected chi connectivity index (χ3v) is 3.34. The number of hydrogen-bond acceptors (Lipinski definition) is 4. The van der Waals surface area contributed by atoms with E-state index in [0.29, 0.717) is 22.0 Å². The van der Waals surface area contributed by atoms with Gasteiger partial charge in [0.25, 0.3) is 5.91 Å². The highest BCUT2D eigenvalue weighted by Gasteiger charge is 2.31. The molecule has 0 radical (unpaired) electrons. The van der Waals surface area contributed by atoms with Crippen molar-refractivity contribution in [3.63, 3.8) is 0 Å². The molecule has 0 bridgehead atoms. The highest BCUT2D eigenvalue weighted by Crippen LogP contribution is 2.30. The first-order chi connectivity index (χ1) is 10.1. The number of Topliss-reactive ketones (excluding diaryl/α,β-unsaturated/α-hetero) is 1. The summed E-state index contributed by atoms with van der Waals surface area (Å²) in [4.78, 5) is 28.1. The fourth-order valence-corrected chi connectivity index (χ4v) is 2.27. The summed E-state index contributed by atoms with van der Waals surface area (Å²) in [5.74, 6) is -0.163. The Bertz CT molecular complexity index is 703. The number of ketones is 1. The highest BCUT2D eigenvalue weighted by atomic mass is 35.5. The second-order valence-corrected chi connectivity index (χ2v) is 5.04. The Labute approximate surface area is 125 Å². The Morgan fingerprint density at radius 2 is 2.24 bits per heavy atom. The lowest BCUT2D eigenvalue weighted by molar-refractivity contribution is -0.122. The van der Waals surface area contributed by atoms with Crippen molar-refractivity contribution in [3.8, 4) is 5.75 Å². The summed E-state index contributed by atoms with van der Waals surface area (Å²) in [7, 11) is 0. The molecule has 0 saturated heterocycles. The minimum atomic E-state index is -0.855. The van der Waals surface area contributed by atoms with E-state index in [2.05, 4.69) is 10.3 Å². The third kappa shape index (κ3) is 2.87. The largest absolute Gasteiger partial charge is 0.479 e. The number of nitrogens with one attached hydrogen (secondary N) is 1. The topological polar surface area (TPSA) is 68.3 Å². The minimum absolute atomic E-state index is 0.0144. The van der Waals surface area contributed by atoms with Crippen LogP contribution >= 0.6 is 11.6 Å². The molecule has 3 rings (SSSR count). The van der Waals surface area contributed by atoms with Gasteiger partial charge < -0.3 is 10.1 Å². The lowest BCUT2D eigenvalue weighted by Gasteiger charge is -2.24. The van der Waals surface area contributed by atoms with Crippen LogP contribution < -0.4 is 10.1 Å². The predicted octanol–water partition coefficient (Wildman–Crippen LogP) is 2.71. The maximum Gasteiger partial charge on any atom is 0.265 e. The molecule has 6 heteroatoms. The average Bonchev–Trinajstić information content (AvgIpc) is 2.49. The molecule has 0 spiro atoms. The van der Waals surface area contributed by atoms with Crippen molar-refractivity contribution < 1.29 is 14.3 Å². The maximum absolute atomic E-state index is 12.1. The van der Waals surface area contributed by atoms with Crippen LogP contribution in [0.4, 0.5) is 5.69 Å². The van der Waals surface area contributed by atoms with Gasteiger partial charge >= 0.3 is 0 Å². The summed E-state index contributed by atoms with van der Waals surface area (Å²) in [6.45, 7) is 0. The van der Waals surface area contributed by atoms with Gasteiger partial charge in [-0.3, -0.25) is 14.6 Å². The molecule has 1 aromatic carbocycles. The number of amides is 1. The van der Waals surface area contributed by atoms with Gasteiger partial charge in [0.1, 0.15) is 5.75 Å². The van der Waals surface area contributed by atoms with E-state index in [0.717, 1.165) is 0 Å². The second-order valence-electron chi connectivity index (χ2n) is 4.61. The number of nitrogens with zero attached hydrogens (tertiary/aromatic N) is 1. The Kier molecular flexibility index (Phi) is 3.58. The van der Waals surface area contributed by atoms with E-state index in [9.17, 15) is 9.59 Å². The monoisotopic (exact) mass is 302 g/mol. The average molecular weight is 303 g/mol. The standard InChI is InChI=1S/C15H11ClN2O3/c16-9-3-4-13-11(6-9)12(19)7-14(21-13)15(20)18-10-2-1-5-17-8-10/h1-6,8,14H,7H2,(H,18,20). The van der Waals surface area contributed by atoms with E-state index in [4.69, 9.17) is 16.3 Å².